The van der Waals surface area contributed by atoms with E-state index in [0.717, 1.165) is 0 Å². The number of nitrogens with zero attached hydrogens (tertiary/aromatic N) is 6. The summed E-state index contributed by atoms with van der Waals surface area (Å²) >= 11 is 0. The number of carbonyl (C=O) groups is 2. The first-order valence-corrected chi connectivity index (χ1v) is 10.2. The van der Waals surface area contributed by atoms with E-state index >= 15 is 0 Å². The fourth-order valence-electron chi connectivity index (χ4n) is 3.17. The molecule has 4 rings (SSSR count). The first-order chi connectivity index (χ1) is 17.4. The van der Waals surface area contributed by atoms with E-state index in [0.29, 0.717) is 11.3 Å². The van der Waals surface area contributed by atoms with Gasteiger partial charge >= 0.3 is 0 Å². The standard InChI is InChI=1S/C21H20N10O5/c1-35-16-8-11(6-7-15(16)32)9-25-27-21(34)17-14(31(30-26-17)20-18(22)28-36-29-20)10-24-13-5-3-2-4-12(13)19(23)33/h2-9,24,32H,10H2,1H3,(H2,22,28)(H2,23,33)(H,27,34)/b25-9+. The smallest absolute Gasteiger partial charge is 0.293 e. The number of nitrogen functional groups attached to an aromatic ring is 1. The lowest BCUT2D eigenvalue weighted by Crippen LogP contribution is -2.22. The normalized spacial score (nSPS) is 10.9. The number of amides is 2. The van der Waals surface area contributed by atoms with Gasteiger partial charge in [-0.25, -0.2) is 10.1 Å². The summed E-state index contributed by atoms with van der Waals surface area (Å²) in [6.07, 6.45) is 1.35. The van der Waals surface area contributed by atoms with E-state index < -0.39 is 11.8 Å². The van der Waals surface area contributed by atoms with Gasteiger partial charge in [-0.05, 0) is 46.2 Å². The van der Waals surface area contributed by atoms with Crippen molar-refractivity contribution >= 4 is 29.5 Å². The van der Waals surface area contributed by atoms with Crippen LogP contribution >= 0.6 is 0 Å². The van der Waals surface area contributed by atoms with Crippen molar-refractivity contribution in [2.75, 3.05) is 18.2 Å². The summed E-state index contributed by atoms with van der Waals surface area (Å²) in [6, 6.07) is 11.1. The third kappa shape index (κ3) is 4.89. The Hall–Kier alpha value is -5.47. The molecule has 0 atom stereocenters. The van der Waals surface area contributed by atoms with Crippen LogP contribution in [0.2, 0.25) is 0 Å². The minimum atomic E-state index is -0.696. The Morgan fingerprint density at radius 2 is 2.06 bits per heavy atom. The number of methoxy groups -OCH3 is 1. The molecule has 36 heavy (non-hydrogen) atoms. The molecule has 0 unspecified atom stereocenters. The van der Waals surface area contributed by atoms with Gasteiger partial charge in [-0.15, -0.1) is 5.10 Å². The number of aromatic nitrogens is 5. The number of aromatic hydroxyl groups is 1. The summed E-state index contributed by atoms with van der Waals surface area (Å²) in [4.78, 5) is 24.6. The third-order valence-electron chi connectivity index (χ3n) is 4.90. The number of ether oxygens (including phenoxy) is 1. The van der Waals surface area contributed by atoms with Crippen molar-refractivity contribution in [2.45, 2.75) is 6.54 Å². The van der Waals surface area contributed by atoms with Crippen LogP contribution in [0.4, 0.5) is 11.5 Å². The molecule has 2 heterocycles. The highest BCUT2D eigenvalue weighted by Crippen LogP contribution is 2.25. The monoisotopic (exact) mass is 492 g/mol. The van der Waals surface area contributed by atoms with Gasteiger partial charge in [0, 0.05) is 5.69 Å². The maximum absolute atomic E-state index is 12.9. The molecule has 0 saturated carbocycles. The van der Waals surface area contributed by atoms with Gasteiger partial charge in [-0.3, -0.25) is 9.59 Å². The van der Waals surface area contributed by atoms with Gasteiger partial charge in [0.15, 0.2) is 17.2 Å². The number of phenolic OH excluding ortho intramolecular Hbond substituents is 1. The SMILES string of the molecule is COc1cc(/C=N/NC(=O)c2nnn(-c3nonc3N)c2CNc2ccccc2C(N)=O)ccc1O. The Bertz CT molecular complexity index is 1440. The van der Waals surface area contributed by atoms with Crippen LogP contribution in [-0.4, -0.2) is 55.6 Å². The minimum Gasteiger partial charge on any atom is -0.504 e. The zero-order valence-electron chi connectivity index (χ0n) is 18.7. The van der Waals surface area contributed by atoms with Crippen molar-refractivity contribution in [3.63, 3.8) is 0 Å². The topological polar surface area (TPSA) is 222 Å². The minimum absolute atomic E-state index is 0.0150. The van der Waals surface area contributed by atoms with Gasteiger partial charge in [0.05, 0.1) is 31.1 Å². The Labute approximate surface area is 202 Å². The van der Waals surface area contributed by atoms with Crippen molar-refractivity contribution in [1.82, 2.24) is 30.7 Å². The number of phenols is 1. The number of hydrogen-bond donors (Lipinski definition) is 5. The van der Waals surface area contributed by atoms with Crippen LogP contribution in [0.3, 0.4) is 0 Å². The zero-order valence-corrected chi connectivity index (χ0v) is 18.7. The number of hydrogen-bond acceptors (Lipinski definition) is 12. The van der Waals surface area contributed by atoms with Crippen molar-refractivity contribution in [3.8, 4) is 17.3 Å². The second-order valence-electron chi connectivity index (χ2n) is 7.16. The van der Waals surface area contributed by atoms with Gasteiger partial charge in [0.25, 0.3) is 11.8 Å². The lowest BCUT2D eigenvalue weighted by atomic mass is 10.1. The van der Waals surface area contributed by atoms with Crippen LogP contribution in [-0.2, 0) is 6.54 Å². The van der Waals surface area contributed by atoms with Gasteiger partial charge < -0.3 is 26.6 Å². The first-order valence-electron chi connectivity index (χ1n) is 10.2. The van der Waals surface area contributed by atoms with Gasteiger partial charge in [0.2, 0.25) is 11.6 Å². The van der Waals surface area contributed by atoms with Crippen molar-refractivity contribution < 1.29 is 24.1 Å². The maximum Gasteiger partial charge on any atom is 0.293 e. The highest BCUT2D eigenvalue weighted by molar-refractivity contribution is 5.98. The highest BCUT2D eigenvalue weighted by atomic mass is 16.6. The van der Waals surface area contributed by atoms with E-state index in [1.807, 2.05) is 0 Å². The van der Waals surface area contributed by atoms with E-state index in [2.05, 4.69) is 41.1 Å². The number of nitrogens with two attached hydrogens (primary N) is 2. The molecule has 0 radical (unpaired) electrons. The van der Waals surface area contributed by atoms with Crippen LogP contribution in [0.15, 0.2) is 52.2 Å². The number of rotatable bonds is 9. The molecular formula is C21H20N10O5. The van der Waals surface area contributed by atoms with E-state index in [9.17, 15) is 14.7 Å². The van der Waals surface area contributed by atoms with E-state index in [-0.39, 0.29) is 46.6 Å². The molecule has 0 saturated heterocycles. The Kier molecular flexibility index (Phi) is 6.71. The molecule has 0 fully saturated rings. The molecule has 2 amide bonds. The van der Waals surface area contributed by atoms with Crippen LogP contribution in [0.1, 0.15) is 32.1 Å². The van der Waals surface area contributed by atoms with Crippen LogP contribution < -0.4 is 26.9 Å². The van der Waals surface area contributed by atoms with Crippen molar-refractivity contribution in [3.05, 3.63) is 65.0 Å². The number of nitrogens with one attached hydrogen (secondary N) is 2. The summed E-state index contributed by atoms with van der Waals surface area (Å²) in [6.45, 7) is -0.0365. The average Bonchev–Trinajstić information content (AvgIpc) is 3.49. The zero-order chi connectivity index (χ0) is 25.7. The third-order valence-corrected chi connectivity index (χ3v) is 4.90. The van der Waals surface area contributed by atoms with Gasteiger partial charge in [-0.2, -0.15) is 9.78 Å². The molecule has 0 spiro atoms. The number of benzene rings is 2. The Morgan fingerprint density at radius 1 is 1.25 bits per heavy atom. The summed E-state index contributed by atoms with van der Waals surface area (Å²) in [5, 5.41) is 31.7. The fraction of sp³-hybridized carbons (Fsp3) is 0.0952. The number of anilines is 2. The number of para-hydroxylation sites is 1. The molecule has 2 aromatic carbocycles. The summed E-state index contributed by atoms with van der Waals surface area (Å²) < 4.78 is 10.9. The molecule has 0 aliphatic rings. The van der Waals surface area contributed by atoms with Crippen LogP contribution in [0.5, 0.6) is 11.5 Å². The Balaban J connectivity index is 1.60. The second-order valence-corrected chi connectivity index (χ2v) is 7.16. The predicted molar refractivity (Wildman–Crippen MR) is 126 cm³/mol. The van der Waals surface area contributed by atoms with E-state index in [4.69, 9.17) is 16.2 Å². The van der Waals surface area contributed by atoms with Crippen LogP contribution in [0.25, 0.3) is 5.82 Å². The lowest BCUT2D eigenvalue weighted by Gasteiger charge is -2.11. The predicted octanol–water partition coefficient (Wildman–Crippen LogP) is 0.422. The van der Waals surface area contributed by atoms with E-state index in [1.165, 1.54) is 30.1 Å². The first kappa shape index (κ1) is 23.7. The molecule has 4 aromatic rings. The van der Waals surface area contributed by atoms with Crippen LogP contribution in [0, 0.1) is 0 Å². The molecule has 0 aliphatic heterocycles. The molecule has 0 aliphatic carbocycles. The Morgan fingerprint density at radius 3 is 2.78 bits per heavy atom. The number of carbonyl (C=O) groups excluding carboxylic acids is 2. The largest absolute Gasteiger partial charge is 0.504 e. The summed E-state index contributed by atoms with van der Waals surface area (Å²) in [5.41, 5.74) is 14.9. The molecule has 15 heteroatoms. The molecule has 15 nitrogen and oxygen atoms in total. The second kappa shape index (κ2) is 10.2. The number of hydrazone groups is 1. The number of primary amides is 1. The van der Waals surface area contributed by atoms with Gasteiger partial charge in [-0.1, -0.05) is 17.3 Å². The summed E-state index contributed by atoms with van der Waals surface area (Å²) in [5.74, 6) is -1.18. The maximum atomic E-state index is 12.9. The summed E-state index contributed by atoms with van der Waals surface area (Å²) in [7, 11) is 1.41. The van der Waals surface area contributed by atoms with Crippen molar-refractivity contribution in [2.24, 2.45) is 10.8 Å². The molecule has 2 aromatic heterocycles. The molecular weight excluding hydrogens is 472 g/mol. The van der Waals surface area contributed by atoms with Crippen molar-refractivity contribution in [1.29, 1.82) is 0 Å². The fourth-order valence-corrected chi connectivity index (χ4v) is 3.17. The molecule has 7 N–H and O–H groups in total. The molecule has 0 bridgehead atoms. The highest BCUT2D eigenvalue weighted by Gasteiger charge is 2.24. The quantitative estimate of drug-likeness (QED) is 0.159. The average molecular weight is 492 g/mol. The van der Waals surface area contributed by atoms with E-state index in [1.54, 1.807) is 30.3 Å². The molecule has 184 valence electrons. The van der Waals surface area contributed by atoms with Gasteiger partial charge in [0.1, 0.15) is 0 Å². The lowest BCUT2D eigenvalue weighted by molar-refractivity contribution is 0.0947.